The molecule has 1 saturated heterocycles. The zero-order chi connectivity index (χ0) is 25.0. The van der Waals surface area contributed by atoms with Crippen LogP contribution in [0.1, 0.15) is 36.5 Å². The SMILES string of the molecule is COc1ccc(CCC(=O)OC2C=C[C@H]3[C@H]4Cc5ccc(OC(C)=O)c6c5[C@@]3(CCN4C)C2O6)cc1. The van der Waals surface area contributed by atoms with E-state index in [-0.39, 0.29) is 35.8 Å². The molecule has 2 bridgehead atoms. The summed E-state index contributed by atoms with van der Waals surface area (Å²) in [6, 6.07) is 12.0. The molecule has 36 heavy (non-hydrogen) atoms. The van der Waals surface area contributed by atoms with Crippen LogP contribution < -0.4 is 14.2 Å². The van der Waals surface area contributed by atoms with Crippen LogP contribution in [0.2, 0.25) is 0 Å². The predicted molar refractivity (Wildman–Crippen MR) is 132 cm³/mol. The molecule has 2 aliphatic heterocycles. The Hall–Kier alpha value is -3.32. The van der Waals surface area contributed by atoms with E-state index in [1.807, 2.05) is 36.4 Å². The number of carbonyl (C=O) groups is 2. The molecule has 0 N–H and O–H groups in total. The molecule has 6 rings (SSSR count). The van der Waals surface area contributed by atoms with Gasteiger partial charge in [0.1, 0.15) is 11.9 Å². The highest BCUT2D eigenvalue weighted by Crippen LogP contribution is 2.62. The predicted octanol–water partition coefficient (Wildman–Crippen LogP) is 3.61. The van der Waals surface area contributed by atoms with Crippen molar-refractivity contribution in [3.05, 3.63) is 65.2 Å². The van der Waals surface area contributed by atoms with Crippen molar-refractivity contribution in [3.8, 4) is 17.2 Å². The van der Waals surface area contributed by atoms with E-state index in [9.17, 15) is 9.59 Å². The Morgan fingerprint density at radius 2 is 1.94 bits per heavy atom. The number of esters is 2. The fourth-order valence-corrected chi connectivity index (χ4v) is 6.80. The van der Waals surface area contributed by atoms with Gasteiger partial charge in [-0.05, 0) is 68.3 Å². The number of likely N-dealkylation sites (N-methyl/N-ethyl adjacent to an activating group) is 1. The lowest BCUT2D eigenvalue weighted by Crippen LogP contribution is -2.65. The van der Waals surface area contributed by atoms with Gasteiger partial charge in [-0.2, -0.15) is 0 Å². The second-order valence-electron chi connectivity index (χ2n) is 10.3. The summed E-state index contributed by atoms with van der Waals surface area (Å²) in [5, 5.41) is 0. The Labute approximate surface area is 211 Å². The fourth-order valence-electron chi connectivity index (χ4n) is 6.80. The van der Waals surface area contributed by atoms with E-state index in [0.29, 0.717) is 24.0 Å². The largest absolute Gasteiger partial charge is 0.497 e. The summed E-state index contributed by atoms with van der Waals surface area (Å²) in [6.07, 6.45) is 6.07. The molecule has 2 aromatic rings. The maximum absolute atomic E-state index is 13.0. The van der Waals surface area contributed by atoms with E-state index in [1.54, 1.807) is 7.11 Å². The number of likely N-dealkylation sites (tertiary alicyclic amines) is 1. The van der Waals surface area contributed by atoms with Gasteiger partial charge in [0.2, 0.25) is 0 Å². The summed E-state index contributed by atoms with van der Waals surface area (Å²) >= 11 is 0. The first-order valence-electron chi connectivity index (χ1n) is 12.6. The molecule has 2 aliphatic carbocycles. The first kappa shape index (κ1) is 23.1. The number of nitrogens with zero attached hydrogens (tertiary/aromatic N) is 1. The Morgan fingerprint density at radius 3 is 2.69 bits per heavy atom. The molecule has 5 atom stereocenters. The third kappa shape index (κ3) is 3.52. The Balaban J connectivity index is 1.28. The molecule has 2 unspecified atom stereocenters. The highest BCUT2D eigenvalue weighted by molar-refractivity contribution is 5.73. The Morgan fingerprint density at radius 1 is 1.14 bits per heavy atom. The molecule has 7 nitrogen and oxygen atoms in total. The van der Waals surface area contributed by atoms with E-state index in [0.717, 1.165) is 36.3 Å². The van der Waals surface area contributed by atoms with Gasteiger partial charge in [-0.25, -0.2) is 0 Å². The molecule has 2 aromatic carbocycles. The number of methoxy groups -OCH3 is 1. The zero-order valence-electron chi connectivity index (χ0n) is 20.9. The summed E-state index contributed by atoms with van der Waals surface area (Å²) in [5.41, 5.74) is 3.13. The third-order valence-corrected chi connectivity index (χ3v) is 8.41. The molecule has 4 aliphatic rings. The smallest absolute Gasteiger partial charge is 0.308 e. The molecule has 2 heterocycles. The topological polar surface area (TPSA) is 74.3 Å². The second-order valence-corrected chi connectivity index (χ2v) is 10.3. The molecule has 1 spiro atoms. The second kappa shape index (κ2) is 8.66. The summed E-state index contributed by atoms with van der Waals surface area (Å²) in [4.78, 5) is 27.2. The van der Waals surface area contributed by atoms with Crippen molar-refractivity contribution in [2.24, 2.45) is 5.92 Å². The number of piperidine rings is 1. The fraction of sp³-hybridized carbons (Fsp3) is 0.448. The van der Waals surface area contributed by atoms with Crippen molar-refractivity contribution in [3.63, 3.8) is 0 Å². The van der Waals surface area contributed by atoms with E-state index >= 15 is 0 Å². The minimum atomic E-state index is -0.503. The Bertz CT molecular complexity index is 1240. The number of benzene rings is 2. The lowest BCUT2D eigenvalue weighted by atomic mass is 9.53. The van der Waals surface area contributed by atoms with Crippen molar-refractivity contribution < 1.29 is 28.5 Å². The highest BCUT2D eigenvalue weighted by Gasteiger charge is 2.65. The quantitative estimate of drug-likeness (QED) is 0.349. The lowest BCUT2D eigenvalue weighted by molar-refractivity contribution is -0.154. The minimum absolute atomic E-state index is 0.247. The molecule has 0 amide bonds. The van der Waals surface area contributed by atoms with E-state index in [2.05, 4.69) is 24.1 Å². The standard InChI is InChI=1S/C29H31NO6/c1-17(31)34-23-11-7-19-16-22-21-10-12-24(28-29(21,14-15-30(22)2)26(19)27(23)36-28)35-25(32)13-6-18-4-8-20(33-3)9-5-18/h4-5,7-12,21-22,24,28H,6,13-16H2,1-3H3/t21-,22+,24?,28?,29-/m0/s1. The number of hydrogen-bond acceptors (Lipinski definition) is 7. The van der Waals surface area contributed by atoms with Crippen LogP contribution in [0.25, 0.3) is 0 Å². The summed E-state index contributed by atoms with van der Waals surface area (Å²) < 4.78 is 23.4. The van der Waals surface area contributed by atoms with Crippen LogP contribution in [-0.2, 0) is 32.6 Å². The van der Waals surface area contributed by atoms with Crippen LogP contribution in [0.15, 0.2) is 48.6 Å². The van der Waals surface area contributed by atoms with E-state index < -0.39 is 6.10 Å². The van der Waals surface area contributed by atoms with Crippen molar-refractivity contribution in [1.29, 1.82) is 0 Å². The summed E-state index contributed by atoms with van der Waals surface area (Å²) in [7, 11) is 3.81. The van der Waals surface area contributed by atoms with Crippen molar-refractivity contribution in [2.45, 2.75) is 56.3 Å². The molecule has 7 heteroatoms. The van der Waals surface area contributed by atoms with Gasteiger partial charge in [0.05, 0.1) is 7.11 Å². The first-order chi connectivity index (χ1) is 17.4. The van der Waals surface area contributed by atoms with Crippen LogP contribution in [0, 0.1) is 5.92 Å². The third-order valence-electron chi connectivity index (χ3n) is 8.41. The molecule has 0 aromatic heterocycles. The molecule has 1 fully saturated rings. The maximum atomic E-state index is 13.0. The number of rotatable bonds is 6. The van der Waals surface area contributed by atoms with Crippen molar-refractivity contribution in [2.75, 3.05) is 20.7 Å². The molecule has 188 valence electrons. The average Bonchev–Trinajstić information content (AvgIpc) is 3.22. The van der Waals surface area contributed by atoms with Crippen LogP contribution in [0.4, 0.5) is 0 Å². The van der Waals surface area contributed by atoms with Gasteiger partial charge in [0.15, 0.2) is 17.6 Å². The monoisotopic (exact) mass is 489 g/mol. The maximum Gasteiger partial charge on any atom is 0.308 e. The van der Waals surface area contributed by atoms with E-state index in [4.69, 9.17) is 18.9 Å². The van der Waals surface area contributed by atoms with Crippen LogP contribution in [0.3, 0.4) is 0 Å². The summed E-state index contributed by atoms with van der Waals surface area (Å²) in [6.45, 7) is 2.33. The van der Waals surface area contributed by atoms with Gasteiger partial charge < -0.3 is 23.8 Å². The zero-order valence-corrected chi connectivity index (χ0v) is 20.9. The number of carbonyl (C=O) groups excluding carboxylic acids is 2. The lowest BCUT2D eigenvalue weighted by Gasteiger charge is -2.56. The van der Waals surface area contributed by atoms with Gasteiger partial charge in [0.25, 0.3) is 0 Å². The van der Waals surface area contributed by atoms with Crippen molar-refractivity contribution in [1.82, 2.24) is 4.90 Å². The van der Waals surface area contributed by atoms with Gasteiger partial charge >= 0.3 is 11.9 Å². The molecular weight excluding hydrogens is 458 g/mol. The normalized spacial score (nSPS) is 29.2. The van der Waals surface area contributed by atoms with Gasteiger partial charge in [-0.15, -0.1) is 0 Å². The minimum Gasteiger partial charge on any atom is -0.497 e. The van der Waals surface area contributed by atoms with Crippen LogP contribution in [0.5, 0.6) is 17.2 Å². The number of hydrogen-bond donors (Lipinski definition) is 0. The number of ether oxygens (including phenoxy) is 4. The molecule has 0 radical (unpaired) electrons. The van der Waals surface area contributed by atoms with E-state index in [1.165, 1.54) is 12.5 Å². The first-order valence-corrected chi connectivity index (χ1v) is 12.6. The summed E-state index contributed by atoms with van der Waals surface area (Å²) in [5.74, 6) is 1.49. The van der Waals surface area contributed by atoms with Gasteiger partial charge in [0, 0.05) is 36.3 Å². The molecular formula is C29H31NO6. The Kier molecular flexibility index (Phi) is 5.56. The van der Waals surface area contributed by atoms with Gasteiger partial charge in [-0.1, -0.05) is 24.3 Å². The molecule has 0 saturated carbocycles. The number of aryl methyl sites for hydroxylation is 1. The average molecular weight is 490 g/mol. The van der Waals surface area contributed by atoms with Crippen molar-refractivity contribution >= 4 is 11.9 Å². The van der Waals surface area contributed by atoms with Crippen LogP contribution >= 0.6 is 0 Å². The highest BCUT2D eigenvalue weighted by atomic mass is 16.6. The van der Waals surface area contributed by atoms with Gasteiger partial charge in [-0.3, -0.25) is 9.59 Å². The van der Waals surface area contributed by atoms with Crippen LogP contribution in [-0.4, -0.2) is 55.8 Å².